The number of Topliss-reactive ketones (excluding diaryl/α,β-unsaturated/α-hetero) is 2. The predicted molar refractivity (Wildman–Crippen MR) is 80.5 cm³/mol. The van der Waals surface area contributed by atoms with E-state index in [0.717, 1.165) is 5.69 Å². The van der Waals surface area contributed by atoms with Crippen LogP contribution in [0.4, 0.5) is 5.69 Å². The number of hydrogen-bond donors (Lipinski definition) is 0. The molecule has 0 saturated carbocycles. The number of ketones is 2. The molecular weight excluding hydrogens is 250 g/mol. The first-order valence-electron chi connectivity index (χ1n) is 6.88. The first-order valence-corrected chi connectivity index (χ1v) is 6.38. The van der Waals surface area contributed by atoms with Crippen LogP contribution >= 0.6 is 0 Å². The van der Waals surface area contributed by atoms with Crippen molar-refractivity contribution in [2.45, 2.75) is 6.42 Å². The van der Waals surface area contributed by atoms with Gasteiger partial charge in [-0.2, -0.15) is 0 Å². The average molecular weight is 268 g/mol. The molecule has 0 aliphatic carbocycles. The van der Waals surface area contributed by atoms with Crippen molar-refractivity contribution in [1.29, 1.82) is 0 Å². The Bertz CT molecular complexity index is 666. The van der Waals surface area contributed by atoms with Crippen molar-refractivity contribution >= 4 is 17.3 Å². The summed E-state index contributed by atoms with van der Waals surface area (Å²) in [7, 11) is 3.74. The lowest BCUT2D eigenvalue weighted by Crippen LogP contribution is -2.10. The van der Waals surface area contributed by atoms with Crippen LogP contribution in [-0.4, -0.2) is 25.7 Å². The molecule has 0 bridgehead atoms. The standard InChI is InChI=1S/C17H17NO2/c1-18(2)15-10-8-14(9-11-15)17(20)12-16(19)13-6-4-3-5-7-13/h3-11H,12H2,1-2H3/i8D. The van der Waals surface area contributed by atoms with E-state index in [1.807, 2.05) is 25.1 Å². The summed E-state index contributed by atoms with van der Waals surface area (Å²) in [5, 5.41) is 0. The van der Waals surface area contributed by atoms with Gasteiger partial charge in [0.05, 0.1) is 7.79 Å². The molecule has 3 heteroatoms. The van der Waals surface area contributed by atoms with Crippen molar-refractivity contribution in [1.82, 2.24) is 0 Å². The number of rotatable bonds is 5. The zero-order valence-corrected chi connectivity index (χ0v) is 11.6. The fourth-order valence-electron chi connectivity index (χ4n) is 1.84. The first kappa shape index (κ1) is 12.6. The predicted octanol–water partition coefficient (Wildman–Crippen LogP) is 3.21. The van der Waals surface area contributed by atoms with E-state index in [1.54, 1.807) is 42.5 Å². The van der Waals surface area contributed by atoms with Crippen LogP contribution in [-0.2, 0) is 0 Å². The van der Waals surface area contributed by atoms with Gasteiger partial charge < -0.3 is 4.90 Å². The van der Waals surface area contributed by atoms with E-state index in [1.165, 1.54) is 0 Å². The van der Waals surface area contributed by atoms with Crippen LogP contribution in [0.15, 0.2) is 54.6 Å². The summed E-state index contributed by atoms with van der Waals surface area (Å²) >= 11 is 0. The summed E-state index contributed by atoms with van der Waals surface area (Å²) in [4.78, 5) is 26.1. The second kappa shape index (κ2) is 6.15. The van der Waals surface area contributed by atoms with E-state index in [0.29, 0.717) is 5.56 Å². The molecule has 0 saturated heterocycles. The molecule has 0 spiro atoms. The molecule has 0 aliphatic heterocycles. The van der Waals surface area contributed by atoms with Crippen molar-refractivity contribution in [3.8, 4) is 0 Å². The van der Waals surface area contributed by atoms with E-state index >= 15 is 0 Å². The van der Waals surface area contributed by atoms with Crippen molar-refractivity contribution < 1.29 is 11.0 Å². The largest absolute Gasteiger partial charge is 0.378 e. The van der Waals surface area contributed by atoms with Crippen LogP contribution in [0, 0.1) is 0 Å². The van der Waals surface area contributed by atoms with Crippen LogP contribution in [0.1, 0.15) is 28.5 Å². The highest BCUT2D eigenvalue weighted by molar-refractivity contribution is 6.13. The van der Waals surface area contributed by atoms with Gasteiger partial charge in [0.2, 0.25) is 0 Å². The minimum Gasteiger partial charge on any atom is -0.378 e. The van der Waals surface area contributed by atoms with Gasteiger partial charge in [0.25, 0.3) is 0 Å². The van der Waals surface area contributed by atoms with E-state index < -0.39 is 0 Å². The molecule has 0 atom stereocenters. The Kier molecular flexibility index (Phi) is 3.88. The van der Waals surface area contributed by atoms with E-state index in [4.69, 9.17) is 1.37 Å². The second-order valence-electron chi connectivity index (χ2n) is 4.74. The topological polar surface area (TPSA) is 37.4 Å². The smallest absolute Gasteiger partial charge is 0.170 e. The lowest BCUT2D eigenvalue weighted by atomic mass is 10.0. The van der Waals surface area contributed by atoms with Crippen molar-refractivity contribution in [3.05, 3.63) is 65.7 Å². The lowest BCUT2D eigenvalue weighted by molar-refractivity contribution is 0.0894. The van der Waals surface area contributed by atoms with Gasteiger partial charge in [0.1, 0.15) is 0 Å². The molecule has 0 amide bonds. The van der Waals surface area contributed by atoms with Gasteiger partial charge in [0.15, 0.2) is 11.6 Å². The molecule has 2 rings (SSSR count). The van der Waals surface area contributed by atoms with Gasteiger partial charge >= 0.3 is 0 Å². The second-order valence-corrected chi connectivity index (χ2v) is 4.74. The van der Waals surface area contributed by atoms with Crippen LogP contribution in [0.2, 0.25) is 0 Å². The third kappa shape index (κ3) is 3.32. The Morgan fingerprint density at radius 3 is 2.20 bits per heavy atom. The highest BCUT2D eigenvalue weighted by atomic mass is 16.1. The summed E-state index contributed by atoms with van der Waals surface area (Å²) in [6.07, 6.45) is -0.211. The SMILES string of the molecule is [2H]c1cc(N(C)C)ccc1C(=O)CC(=O)c1ccccc1. The summed E-state index contributed by atoms with van der Waals surface area (Å²) < 4.78 is 7.93. The summed E-state index contributed by atoms with van der Waals surface area (Å²) in [5.41, 5.74) is 1.65. The Labute approximate surface area is 120 Å². The van der Waals surface area contributed by atoms with Crippen LogP contribution < -0.4 is 4.90 Å². The molecule has 102 valence electrons. The fourth-order valence-corrected chi connectivity index (χ4v) is 1.84. The first-order chi connectivity index (χ1) is 9.99. The Morgan fingerprint density at radius 1 is 0.950 bits per heavy atom. The van der Waals surface area contributed by atoms with Crippen molar-refractivity contribution in [3.63, 3.8) is 0 Å². The van der Waals surface area contributed by atoms with Gasteiger partial charge in [0, 0.05) is 30.9 Å². The van der Waals surface area contributed by atoms with Crippen molar-refractivity contribution in [2.75, 3.05) is 19.0 Å². The van der Waals surface area contributed by atoms with Crippen LogP contribution in [0.5, 0.6) is 0 Å². The van der Waals surface area contributed by atoms with E-state index in [-0.39, 0.29) is 29.6 Å². The van der Waals surface area contributed by atoms with Crippen molar-refractivity contribution in [2.24, 2.45) is 0 Å². The fraction of sp³-hybridized carbons (Fsp3) is 0.176. The Hall–Kier alpha value is -2.42. The molecule has 0 N–H and O–H groups in total. The third-order valence-electron chi connectivity index (χ3n) is 3.03. The molecular formula is C17H17NO2. The van der Waals surface area contributed by atoms with Crippen LogP contribution in [0.25, 0.3) is 0 Å². The quantitative estimate of drug-likeness (QED) is 0.617. The average Bonchev–Trinajstić information content (AvgIpc) is 2.47. The minimum atomic E-state index is -0.320. The van der Waals surface area contributed by atoms with E-state index in [9.17, 15) is 9.59 Å². The number of nitrogens with zero attached hydrogens (tertiary/aromatic N) is 1. The molecule has 0 aromatic heterocycles. The van der Waals surface area contributed by atoms with Gasteiger partial charge in [-0.25, -0.2) is 0 Å². The molecule has 0 unspecified atom stereocenters. The normalized spacial score (nSPS) is 10.8. The molecule has 0 fully saturated rings. The molecule has 0 heterocycles. The zero-order valence-electron chi connectivity index (χ0n) is 12.6. The molecule has 2 aromatic rings. The molecule has 0 aliphatic rings. The Balaban J connectivity index is 2.16. The maximum atomic E-state index is 12.2. The number of carbonyl (C=O) groups is 2. The maximum Gasteiger partial charge on any atom is 0.170 e. The summed E-state index contributed by atoms with van der Waals surface area (Å²) in [6, 6.07) is 13.9. The molecule has 3 nitrogen and oxygen atoms in total. The van der Waals surface area contributed by atoms with Gasteiger partial charge in [-0.1, -0.05) is 30.3 Å². The van der Waals surface area contributed by atoms with Gasteiger partial charge in [-0.05, 0) is 24.2 Å². The number of carbonyl (C=O) groups excluding carboxylic acids is 2. The van der Waals surface area contributed by atoms with Gasteiger partial charge in [-0.15, -0.1) is 0 Å². The zero-order chi connectivity index (χ0) is 15.4. The lowest BCUT2D eigenvalue weighted by Gasteiger charge is -2.12. The number of benzene rings is 2. The summed E-state index contributed by atoms with van der Waals surface area (Å²) in [6.45, 7) is 0. The molecule has 20 heavy (non-hydrogen) atoms. The Morgan fingerprint density at radius 2 is 1.60 bits per heavy atom. The third-order valence-corrected chi connectivity index (χ3v) is 3.03. The van der Waals surface area contributed by atoms with Crippen LogP contribution in [0.3, 0.4) is 0 Å². The molecule has 2 aromatic carbocycles. The summed E-state index contributed by atoms with van der Waals surface area (Å²) in [5.74, 6) is -0.546. The van der Waals surface area contributed by atoms with Gasteiger partial charge in [-0.3, -0.25) is 9.59 Å². The maximum absolute atomic E-state index is 12.2. The monoisotopic (exact) mass is 268 g/mol. The molecule has 0 radical (unpaired) electrons. The highest BCUT2D eigenvalue weighted by Gasteiger charge is 2.13. The van der Waals surface area contributed by atoms with E-state index in [2.05, 4.69) is 0 Å². The minimum absolute atomic E-state index is 0.145. The highest BCUT2D eigenvalue weighted by Crippen LogP contribution is 2.14. The number of hydrogen-bond acceptors (Lipinski definition) is 3. The number of anilines is 1.